The smallest absolute Gasteiger partial charge is 0.251 e. The Morgan fingerprint density at radius 1 is 1.13 bits per heavy atom. The molecule has 0 spiro atoms. The van der Waals surface area contributed by atoms with E-state index in [4.69, 9.17) is 4.74 Å². The van der Waals surface area contributed by atoms with Crippen LogP contribution in [0.15, 0.2) is 54.6 Å². The Hall–Kier alpha value is -2.75. The van der Waals surface area contributed by atoms with E-state index in [9.17, 15) is 4.79 Å². The van der Waals surface area contributed by atoms with Gasteiger partial charge in [-0.25, -0.2) is 0 Å². The van der Waals surface area contributed by atoms with Crippen molar-refractivity contribution in [1.29, 1.82) is 0 Å². The summed E-state index contributed by atoms with van der Waals surface area (Å²) in [6, 6.07) is 17.9. The number of hydrogen-bond donors (Lipinski definition) is 2. The average molecular weight is 306 g/mol. The van der Waals surface area contributed by atoms with Gasteiger partial charge < -0.3 is 15.0 Å². The van der Waals surface area contributed by atoms with Crippen molar-refractivity contribution < 1.29 is 9.53 Å². The predicted molar refractivity (Wildman–Crippen MR) is 89.6 cm³/mol. The first-order valence-corrected chi connectivity index (χ1v) is 7.88. The molecule has 2 aromatic carbocycles. The van der Waals surface area contributed by atoms with Gasteiger partial charge in [-0.2, -0.15) is 0 Å². The van der Waals surface area contributed by atoms with Gasteiger partial charge in [0.2, 0.25) is 0 Å². The number of carbonyl (C=O) groups is 1. The van der Waals surface area contributed by atoms with Crippen molar-refractivity contribution in [1.82, 2.24) is 10.3 Å². The van der Waals surface area contributed by atoms with Crippen LogP contribution < -0.4 is 10.1 Å². The first kappa shape index (κ1) is 13.9. The summed E-state index contributed by atoms with van der Waals surface area (Å²) in [4.78, 5) is 15.4. The van der Waals surface area contributed by atoms with Gasteiger partial charge in [-0.1, -0.05) is 18.2 Å². The third-order valence-corrected chi connectivity index (χ3v) is 3.99. The molecule has 0 bridgehead atoms. The number of aromatic nitrogens is 1. The Kier molecular flexibility index (Phi) is 3.50. The number of para-hydroxylation sites is 1. The number of nitrogens with one attached hydrogen (secondary N) is 2. The number of rotatable bonds is 5. The third kappa shape index (κ3) is 3.21. The van der Waals surface area contributed by atoms with E-state index in [-0.39, 0.29) is 5.91 Å². The molecule has 1 fully saturated rings. The van der Waals surface area contributed by atoms with Crippen molar-refractivity contribution in [3.63, 3.8) is 0 Å². The Bertz CT molecular complexity index is 835. The molecule has 4 nitrogen and oxygen atoms in total. The van der Waals surface area contributed by atoms with Crippen LogP contribution in [0.4, 0.5) is 0 Å². The number of aromatic amines is 1. The second-order valence-corrected chi connectivity index (χ2v) is 5.95. The van der Waals surface area contributed by atoms with Gasteiger partial charge in [0.05, 0.1) is 5.69 Å². The maximum Gasteiger partial charge on any atom is 0.251 e. The molecule has 0 aliphatic heterocycles. The fourth-order valence-corrected chi connectivity index (χ4v) is 2.59. The van der Waals surface area contributed by atoms with Crippen LogP contribution in [-0.4, -0.2) is 16.9 Å². The molecule has 1 saturated carbocycles. The second-order valence-electron chi connectivity index (χ2n) is 5.95. The lowest BCUT2D eigenvalue weighted by Crippen LogP contribution is -2.25. The molecule has 4 rings (SSSR count). The minimum atomic E-state index is 0.0117. The number of ether oxygens (including phenoxy) is 1. The van der Waals surface area contributed by atoms with Gasteiger partial charge in [0.15, 0.2) is 0 Å². The van der Waals surface area contributed by atoms with Crippen molar-refractivity contribution in [2.24, 2.45) is 0 Å². The maximum atomic E-state index is 12.1. The SMILES string of the molecule is O=C(NC1CC1)c1ccc2[nH]c(COc3ccccc3)cc2c1. The van der Waals surface area contributed by atoms with Crippen LogP contribution in [-0.2, 0) is 6.61 Å². The minimum Gasteiger partial charge on any atom is -0.487 e. The fourth-order valence-electron chi connectivity index (χ4n) is 2.59. The molecule has 2 N–H and O–H groups in total. The summed E-state index contributed by atoms with van der Waals surface area (Å²) in [5.74, 6) is 0.855. The van der Waals surface area contributed by atoms with Crippen LogP contribution in [0.1, 0.15) is 28.9 Å². The Balaban J connectivity index is 1.49. The summed E-state index contributed by atoms with van der Waals surface area (Å²) in [6.07, 6.45) is 2.19. The molecule has 4 heteroatoms. The Morgan fingerprint density at radius 2 is 1.96 bits per heavy atom. The summed E-state index contributed by atoms with van der Waals surface area (Å²) in [7, 11) is 0. The summed E-state index contributed by atoms with van der Waals surface area (Å²) < 4.78 is 5.75. The van der Waals surface area contributed by atoms with Crippen molar-refractivity contribution in [3.05, 3.63) is 65.9 Å². The van der Waals surface area contributed by atoms with Crippen LogP contribution in [0.25, 0.3) is 10.9 Å². The molecule has 1 aliphatic rings. The molecule has 116 valence electrons. The zero-order valence-electron chi connectivity index (χ0n) is 12.7. The minimum absolute atomic E-state index is 0.0117. The largest absolute Gasteiger partial charge is 0.487 e. The molecule has 3 aromatic rings. The van der Waals surface area contributed by atoms with Crippen molar-refractivity contribution >= 4 is 16.8 Å². The molecule has 0 unspecified atom stereocenters. The van der Waals surface area contributed by atoms with Gasteiger partial charge in [-0.05, 0) is 49.2 Å². The lowest BCUT2D eigenvalue weighted by Gasteiger charge is -2.03. The molecule has 1 aromatic heterocycles. The van der Waals surface area contributed by atoms with Gasteiger partial charge in [-0.15, -0.1) is 0 Å². The monoisotopic (exact) mass is 306 g/mol. The van der Waals surface area contributed by atoms with E-state index in [1.54, 1.807) is 0 Å². The molecular weight excluding hydrogens is 288 g/mol. The maximum absolute atomic E-state index is 12.1. The number of amides is 1. The summed E-state index contributed by atoms with van der Waals surface area (Å²) >= 11 is 0. The van der Waals surface area contributed by atoms with E-state index in [1.165, 1.54) is 0 Å². The third-order valence-electron chi connectivity index (χ3n) is 3.99. The van der Waals surface area contributed by atoms with Crippen LogP contribution >= 0.6 is 0 Å². The predicted octanol–water partition coefficient (Wildman–Crippen LogP) is 3.64. The van der Waals surface area contributed by atoms with Crippen LogP contribution in [0, 0.1) is 0 Å². The van der Waals surface area contributed by atoms with Gasteiger partial charge in [-0.3, -0.25) is 4.79 Å². The normalized spacial score (nSPS) is 13.9. The zero-order valence-corrected chi connectivity index (χ0v) is 12.7. The molecule has 0 radical (unpaired) electrons. The summed E-state index contributed by atoms with van der Waals surface area (Å²) in [5.41, 5.74) is 2.71. The Labute approximate surface area is 134 Å². The van der Waals surface area contributed by atoms with E-state index in [2.05, 4.69) is 10.3 Å². The molecule has 1 heterocycles. The van der Waals surface area contributed by atoms with Crippen molar-refractivity contribution in [2.75, 3.05) is 0 Å². The first-order valence-electron chi connectivity index (χ1n) is 7.88. The number of carbonyl (C=O) groups excluding carboxylic acids is 1. The zero-order chi connectivity index (χ0) is 15.6. The van der Waals surface area contributed by atoms with Gasteiger partial charge in [0.1, 0.15) is 12.4 Å². The average Bonchev–Trinajstić information content (AvgIpc) is 3.29. The highest BCUT2D eigenvalue weighted by Crippen LogP contribution is 2.22. The molecule has 1 aliphatic carbocycles. The van der Waals surface area contributed by atoms with E-state index in [0.29, 0.717) is 18.2 Å². The van der Waals surface area contributed by atoms with Gasteiger partial charge in [0.25, 0.3) is 5.91 Å². The number of H-pyrrole nitrogens is 1. The Morgan fingerprint density at radius 3 is 2.74 bits per heavy atom. The quantitative estimate of drug-likeness (QED) is 0.756. The van der Waals surface area contributed by atoms with Gasteiger partial charge >= 0.3 is 0 Å². The fraction of sp³-hybridized carbons (Fsp3) is 0.211. The highest BCUT2D eigenvalue weighted by atomic mass is 16.5. The van der Waals surface area contributed by atoms with E-state index in [0.717, 1.165) is 35.2 Å². The van der Waals surface area contributed by atoms with Gasteiger partial charge in [0, 0.05) is 22.5 Å². The second kappa shape index (κ2) is 5.80. The van der Waals surface area contributed by atoms with E-state index >= 15 is 0 Å². The topological polar surface area (TPSA) is 54.1 Å². The lowest BCUT2D eigenvalue weighted by atomic mass is 10.1. The lowest BCUT2D eigenvalue weighted by molar-refractivity contribution is 0.0951. The summed E-state index contributed by atoms with van der Waals surface area (Å²) in [6.45, 7) is 0.475. The molecule has 23 heavy (non-hydrogen) atoms. The van der Waals surface area contributed by atoms with E-state index < -0.39 is 0 Å². The van der Waals surface area contributed by atoms with Crippen molar-refractivity contribution in [2.45, 2.75) is 25.5 Å². The van der Waals surface area contributed by atoms with Crippen LogP contribution in [0.3, 0.4) is 0 Å². The number of fused-ring (bicyclic) bond motifs is 1. The summed E-state index contributed by atoms with van der Waals surface area (Å²) in [5, 5.41) is 4.04. The molecule has 0 atom stereocenters. The van der Waals surface area contributed by atoms with Crippen LogP contribution in [0.5, 0.6) is 5.75 Å². The first-order chi connectivity index (χ1) is 11.3. The standard InChI is InChI=1S/C19H18N2O2/c22-19(21-15-7-8-15)13-6-9-18-14(10-13)11-16(20-18)12-23-17-4-2-1-3-5-17/h1-6,9-11,15,20H,7-8,12H2,(H,21,22). The number of benzene rings is 2. The molecule has 1 amide bonds. The highest BCUT2D eigenvalue weighted by molar-refractivity contribution is 5.98. The molecular formula is C19H18N2O2. The van der Waals surface area contributed by atoms with E-state index in [1.807, 2.05) is 54.6 Å². The van der Waals surface area contributed by atoms with Crippen molar-refractivity contribution in [3.8, 4) is 5.75 Å². The van der Waals surface area contributed by atoms with Crippen LogP contribution in [0.2, 0.25) is 0 Å². The highest BCUT2D eigenvalue weighted by Gasteiger charge is 2.23. The number of hydrogen-bond acceptors (Lipinski definition) is 2. The molecule has 0 saturated heterocycles.